The normalized spacial score (nSPS) is 25.6. The first-order valence-corrected chi connectivity index (χ1v) is 21.2. The molecule has 0 bridgehead atoms. The van der Waals surface area contributed by atoms with Gasteiger partial charge in [0, 0.05) is 41.3 Å². The fourth-order valence-corrected chi connectivity index (χ4v) is 10.6. The molecule has 4 amide bonds. The van der Waals surface area contributed by atoms with E-state index in [1.54, 1.807) is 48.5 Å². The van der Waals surface area contributed by atoms with Crippen molar-refractivity contribution in [1.82, 2.24) is 5.01 Å². The van der Waals surface area contributed by atoms with E-state index in [0.717, 1.165) is 29.3 Å². The number of halogens is 2. The Morgan fingerprint density at radius 3 is 2.23 bits per heavy atom. The van der Waals surface area contributed by atoms with Crippen LogP contribution in [0.2, 0.25) is 5.02 Å². The van der Waals surface area contributed by atoms with Gasteiger partial charge >= 0.3 is 0 Å². The lowest BCUT2D eigenvalue weighted by molar-refractivity contribution is -0.138. The summed E-state index contributed by atoms with van der Waals surface area (Å²) in [5.74, 6) is -6.39. The lowest BCUT2D eigenvalue weighted by Crippen LogP contribution is -2.53. The van der Waals surface area contributed by atoms with Crippen LogP contribution in [-0.2, 0) is 35.9 Å². The highest BCUT2D eigenvalue weighted by Gasteiger charge is 2.70. The topological polar surface area (TPSA) is 129 Å². The number of carbonyl (C=O) groups is 4. The van der Waals surface area contributed by atoms with E-state index in [-0.39, 0.29) is 37.0 Å². The van der Waals surface area contributed by atoms with E-state index in [1.807, 2.05) is 48.5 Å². The number of allylic oxidation sites excluding steroid dienone is 2. The zero-order valence-electron chi connectivity index (χ0n) is 33.5. The average Bonchev–Trinajstić information content (AvgIpc) is 3.68. The van der Waals surface area contributed by atoms with Crippen molar-refractivity contribution in [3.63, 3.8) is 0 Å². The Bertz CT molecular complexity index is 2600. The van der Waals surface area contributed by atoms with Crippen LogP contribution in [0.4, 0.5) is 21.5 Å². The number of anilines is 3. The van der Waals surface area contributed by atoms with Crippen LogP contribution in [0.3, 0.4) is 0 Å². The minimum absolute atomic E-state index is 0.0557. The number of benzene rings is 5. The number of hydrogen-bond acceptors (Lipinski definition) is 9. The summed E-state index contributed by atoms with van der Waals surface area (Å²) in [6.07, 6.45) is 2.20. The summed E-state index contributed by atoms with van der Waals surface area (Å²) in [5.41, 5.74) is 5.48. The molecule has 3 aliphatic heterocycles. The van der Waals surface area contributed by atoms with Crippen molar-refractivity contribution in [2.75, 3.05) is 41.5 Å². The van der Waals surface area contributed by atoms with E-state index in [0.29, 0.717) is 52.1 Å². The Morgan fingerprint density at radius 2 is 1.52 bits per heavy atom. The van der Waals surface area contributed by atoms with Crippen molar-refractivity contribution in [3.05, 3.63) is 161 Å². The summed E-state index contributed by atoms with van der Waals surface area (Å²) in [6.45, 7) is 2.95. The summed E-state index contributed by atoms with van der Waals surface area (Å²) < 4.78 is 25.6. The Kier molecular flexibility index (Phi) is 10.1. The number of ether oxygens (including phenoxy) is 2. The van der Waals surface area contributed by atoms with E-state index in [2.05, 4.69) is 10.3 Å². The molecular formula is C49H42ClFN4O7. The molecule has 10 rings (SSSR count). The van der Waals surface area contributed by atoms with Gasteiger partial charge in [-0.3, -0.25) is 29.5 Å². The van der Waals surface area contributed by atoms with E-state index in [4.69, 9.17) is 21.1 Å². The van der Waals surface area contributed by atoms with Gasteiger partial charge in [-0.05, 0) is 96.6 Å². The maximum Gasteiger partial charge on any atom is 0.260 e. The third kappa shape index (κ3) is 6.51. The molecular weight excluding hydrogens is 811 g/mol. The summed E-state index contributed by atoms with van der Waals surface area (Å²) in [7, 11) is 0. The van der Waals surface area contributed by atoms with Crippen molar-refractivity contribution in [2.45, 2.75) is 30.8 Å². The molecule has 3 saturated heterocycles. The van der Waals surface area contributed by atoms with Crippen LogP contribution in [0.5, 0.6) is 11.5 Å². The number of rotatable bonds is 9. The molecule has 2 N–H and O–H groups in total. The Morgan fingerprint density at radius 1 is 0.806 bits per heavy atom. The molecule has 0 spiro atoms. The number of phenols is 1. The van der Waals surface area contributed by atoms with E-state index in [1.165, 1.54) is 35.2 Å². The highest BCUT2D eigenvalue weighted by Crippen LogP contribution is 2.65. The van der Waals surface area contributed by atoms with Crippen molar-refractivity contribution < 1.29 is 38.1 Å². The van der Waals surface area contributed by atoms with Crippen LogP contribution >= 0.6 is 11.6 Å². The molecule has 2 aliphatic carbocycles. The van der Waals surface area contributed by atoms with Gasteiger partial charge < -0.3 is 19.5 Å². The van der Waals surface area contributed by atoms with Crippen LogP contribution in [0.15, 0.2) is 133 Å². The molecule has 5 aliphatic rings. The Hall–Kier alpha value is -6.50. The van der Waals surface area contributed by atoms with Crippen molar-refractivity contribution in [1.29, 1.82) is 0 Å². The zero-order valence-corrected chi connectivity index (χ0v) is 34.2. The molecule has 62 heavy (non-hydrogen) atoms. The molecule has 0 unspecified atom stereocenters. The minimum atomic E-state index is -1.66. The maximum atomic E-state index is 15.5. The second kappa shape index (κ2) is 15.8. The number of hydrazine groups is 1. The number of nitrogens with zero attached hydrogens (tertiary/aromatic N) is 3. The molecule has 6 atom stereocenters. The van der Waals surface area contributed by atoms with Crippen molar-refractivity contribution in [3.8, 4) is 11.5 Å². The predicted octanol–water partition coefficient (Wildman–Crippen LogP) is 7.79. The second-order valence-corrected chi connectivity index (χ2v) is 16.9. The molecule has 314 valence electrons. The quantitative estimate of drug-likeness (QED) is 0.113. The van der Waals surface area contributed by atoms with Crippen LogP contribution < -0.4 is 20.0 Å². The number of carbonyl (C=O) groups excluding carboxylic acids is 4. The number of nitrogens with one attached hydrogen (secondary N) is 1. The third-order valence-electron chi connectivity index (χ3n) is 13.3. The Labute approximate surface area is 362 Å². The maximum absolute atomic E-state index is 15.5. The summed E-state index contributed by atoms with van der Waals surface area (Å²) in [6, 6.07) is 34.0. The molecule has 5 aromatic rings. The van der Waals surface area contributed by atoms with Gasteiger partial charge in [0.25, 0.3) is 11.8 Å². The molecule has 11 nitrogen and oxygen atoms in total. The first-order chi connectivity index (χ1) is 30.1. The number of morpholine rings is 1. The molecule has 3 heterocycles. The van der Waals surface area contributed by atoms with Crippen LogP contribution in [0.1, 0.15) is 35.4 Å². The van der Waals surface area contributed by atoms with Gasteiger partial charge in [-0.1, -0.05) is 71.8 Å². The Balaban J connectivity index is 1.08. The fourth-order valence-electron chi connectivity index (χ4n) is 10.5. The average molecular weight is 853 g/mol. The first-order valence-electron chi connectivity index (χ1n) is 20.8. The number of phenolic OH excluding ortho intramolecular Hbond substituents is 1. The van der Waals surface area contributed by atoms with Gasteiger partial charge in [0.1, 0.15) is 23.9 Å². The second-order valence-electron chi connectivity index (χ2n) is 16.5. The highest BCUT2D eigenvalue weighted by molar-refractivity contribution is 6.30. The number of hydrogen-bond donors (Lipinski definition) is 2. The van der Waals surface area contributed by atoms with Crippen LogP contribution in [0.25, 0.3) is 0 Å². The largest absolute Gasteiger partial charge is 0.508 e. The van der Waals surface area contributed by atoms with Crippen molar-refractivity contribution >= 4 is 52.3 Å². The minimum Gasteiger partial charge on any atom is -0.508 e. The number of imide groups is 2. The van der Waals surface area contributed by atoms with Gasteiger partial charge in [0.15, 0.2) is 0 Å². The highest BCUT2D eigenvalue weighted by atomic mass is 35.5. The predicted molar refractivity (Wildman–Crippen MR) is 230 cm³/mol. The summed E-state index contributed by atoms with van der Waals surface area (Å²) >= 11 is 6.44. The summed E-state index contributed by atoms with van der Waals surface area (Å²) in [4.78, 5) is 63.2. The smallest absolute Gasteiger partial charge is 0.260 e. The van der Waals surface area contributed by atoms with Crippen LogP contribution in [-0.4, -0.2) is 60.0 Å². The molecule has 13 heteroatoms. The monoisotopic (exact) mass is 852 g/mol. The standard InChI is InChI=1S/C49H42ClFN4O7/c50-31-8-6-30(7-9-31)49-41(46(58)55(48(49)60)52-33-12-10-32(51)11-13-33)27-40-37(44(49)38-19-18-36(26-42(38)56)62-28-29-4-2-1-3-5-29)20-21-39-43(40)47(59)54(45(39)57)35-16-14-34(15-17-35)53-22-24-61-25-23-53/h1-20,26,39-41,43-44,52,56H,21-25,27-28H2/t39-,40+,41-,43-,44+,49+/m0/s1. The number of fused-ring (bicyclic) bond motifs is 4. The number of aromatic hydroxyl groups is 1. The lowest BCUT2D eigenvalue weighted by Gasteiger charge is -2.50. The van der Waals surface area contributed by atoms with Crippen LogP contribution in [0, 0.1) is 29.5 Å². The lowest BCUT2D eigenvalue weighted by atomic mass is 9.49. The molecule has 0 aromatic heterocycles. The van der Waals surface area contributed by atoms with Gasteiger partial charge in [0.05, 0.1) is 47.8 Å². The third-order valence-corrected chi connectivity index (χ3v) is 13.6. The number of amides is 4. The van der Waals surface area contributed by atoms with Crippen molar-refractivity contribution in [2.24, 2.45) is 23.7 Å². The summed E-state index contributed by atoms with van der Waals surface area (Å²) in [5, 5.41) is 13.5. The fraction of sp³-hybridized carbons (Fsp3) is 0.265. The first kappa shape index (κ1) is 39.6. The van der Waals surface area contributed by atoms with Gasteiger partial charge in [-0.25, -0.2) is 4.39 Å². The van der Waals surface area contributed by atoms with Gasteiger partial charge in [0.2, 0.25) is 11.8 Å². The van der Waals surface area contributed by atoms with E-state index < -0.39 is 52.6 Å². The SMILES string of the molecule is O=C1[C@@H]2C[C@@H]3C(=CC[C@@H]4C(=O)N(c5ccc(N6CCOCC6)cc5)C(=O)[C@@H]43)[C@H](c3ccc(OCc4ccccc4)cc3O)[C@]2(c2ccc(Cl)cc2)C(=O)N1Nc1ccc(F)cc1. The van der Waals surface area contributed by atoms with Gasteiger partial charge in [-0.2, -0.15) is 5.01 Å². The van der Waals surface area contributed by atoms with Gasteiger partial charge in [-0.15, -0.1) is 0 Å². The molecule has 5 aromatic carbocycles. The molecule has 0 radical (unpaired) electrons. The van der Waals surface area contributed by atoms with E-state index in [9.17, 15) is 19.1 Å². The molecule has 1 saturated carbocycles. The molecule has 4 fully saturated rings. The zero-order chi connectivity index (χ0) is 42.7. The van der Waals surface area contributed by atoms with E-state index >= 15 is 9.59 Å².